The van der Waals surface area contributed by atoms with Crippen molar-refractivity contribution in [2.75, 3.05) is 13.2 Å². The van der Waals surface area contributed by atoms with E-state index in [1.165, 1.54) is 6.20 Å². The molecule has 0 aliphatic carbocycles. The minimum atomic E-state index is -0.261. The first kappa shape index (κ1) is 20.8. The number of ether oxygens (including phenoxy) is 1. The van der Waals surface area contributed by atoms with Crippen molar-refractivity contribution < 1.29 is 9.33 Å². The quantitative estimate of drug-likeness (QED) is 0.550. The van der Waals surface area contributed by atoms with Crippen LogP contribution in [0.25, 0.3) is 0 Å². The molecule has 3 aromatic rings. The monoisotopic (exact) mass is 436 g/mol. The molecule has 1 atom stereocenters. The number of halogens is 1. The summed E-state index contributed by atoms with van der Waals surface area (Å²) in [5.41, 5.74) is 7.81. The number of benzene rings is 2. The van der Waals surface area contributed by atoms with Gasteiger partial charge in [0.15, 0.2) is 5.84 Å². The van der Waals surface area contributed by atoms with Gasteiger partial charge in [0, 0.05) is 29.1 Å². The van der Waals surface area contributed by atoms with Gasteiger partial charge in [0.05, 0.1) is 6.54 Å². The third kappa shape index (κ3) is 5.39. The summed E-state index contributed by atoms with van der Waals surface area (Å²) in [6.45, 7) is 2.20. The lowest BCUT2D eigenvalue weighted by atomic mass is 10.1. The van der Waals surface area contributed by atoms with Gasteiger partial charge in [0.2, 0.25) is 0 Å². The van der Waals surface area contributed by atoms with Crippen LogP contribution in [-0.2, 0) is 13.1 Å². The molecule has 7 nitrogen and oxygen atoms in total. The number of aromatic nitrogens is 2. The number of nitrogens with zero attached hydrogens (tertiary/aromatic N) is 4. The second kappa shape index (κ2) is 9.16. The van der Waals surface area contributed by atoms with Crippen LogP contribution in [-0.4, -0.2) is 33.1 Å². The molecule has 0 radical (unpaired) electrons. The Morgan fingerprint density at radius 1 is 1.10 bits per heavy atom. The normalized spacial score (nSPS) is 17.5. The van der Waals surface area contributed by atoms with Gasteiger partial charge in [-0.15, -0.1) is 0 Å². The molecule has 31 heavy (non-hydrogen) atoms. The molecule has 0 saturated carbocycles. The summed E-state index contributed by atoms with van der Waals surface area (Å²) >= 11 is 6.02. The van der Waals surface area contributed by atoms with Gasteiger partial charge < -0.3 is 10.5 Å². The second-order valence-corrected chi connectivity index (χ2v) is 7.80. The highest BCUT2D eigenvalue weighted by Crippen LogP contribution is 2.22. The van der Waals surface area contributed by atoms with Crippen molar-refractivity contribution in [3.8, 4) is 5.75 Å². The molecule has 2 heterocycles. The lowest BCUT2D eigenvalue weighted by Crippen LogP contribution is -2.39. The molecular weight excluding hydrogens is 414 g/mol. The lowest BCUT2D eigenvalue weighted by Gasteiger charge is -2.26. The Balaban J connectivity index is 1.42. The Morgan fingerprint density at radius 2 is 1.90 bits per heavy atom. The molecular formula is C23H23ClN5O2+. The Morgan fingerprint density at radius 3 is 2.61 bits per heavy atom. The van der Waals surface area contributed by atoms with E-state index in [1.54, 1.807) is 22.9 Å². The van der Waals surface area contributed by atoms with Crippen LogP contribution in [0, 0.1) is 0 Å². The van der Waals surface area contributed by atoms with Crippen molar-refractivity contribution in [3.05, 3.63) is 106 Å². The van der Waals surface area contributed by atoms with Gasteiger partial charge >= 0.3 is 5.69 Å². The fourth-order valence-electron chi connectivity index (χ4n) is 3.45. The van der Waals surface area contributed by atoms with Gasteiger partial charge in [0.1, 0.15) is 31.6 Å². The molecule has 0 bridgehead atoms. The fraction of sp³-hybridized carbons (Fsp3) is 0.174. The second-order valence-electron chi connectivity index (χ2n) is 7.36. The number of hydrogen-bond acceptors (Lipinski definition) is 5. The van der Waals surface area contributed by atoms with Crippen molar-refractivity contribution in [3.63, 3.8) is 0 Å². The SMILES string of the molecule is NC1=N[N+](CCOc2cccc(Cl)c2)(Cc2ccc(Cn3cccnc3=O)cc2)C=C1. The highest BCUT2D eigenvalue weighted by Gasteiger charge is 2.30. The van der Waals surface area contributed by atoms with Crippen molar-refractivity contribution in [1.82, 2.24) is 9.55 Å². The zero-order valence-electron chi connectivity index (χ0n) is 16.9. The number of hydrogen-bond donors (Lipinski definition) is 1. The Bertz CT molecular complexity index is 1170. The van der Waals surface area contributed by atoms with E-state index in [-0.39, 0.29) is 5.69 Å². The van der Waals surface area contributed by atoms with Crippen LogP contribution < -0.4 is 16.2 Å². The molecule has 1 aromatic heterocycles. The fourth-order valence-corrected chi connectivity index (χ4v) is 3.63. The standard InChI is InChI=1S/C23H23ClN5O2/c24-20-3-1-4-21(15-20)31-14-13-29(12-9-22(25)27-29)17-19-7-5-18(6-8-19)16-28-11-2-10-26-23(28)30/h1-12,15H,13-14,16-17H2,(H2,25,27)/q+1. The summed E-state index contributed by atoms with van der Waals surface area (Å²) < 4.78 is 7.76. The largest absolute Gasteiger partial charge is 0.488 e. The predicted octanol–water partition coefficient (Wildman–Crippen LogP) is 3.14. The summed E-state index contributed by atoms with van der Waals surface area (Å²) in [6, 6.07) is 17.2. The minimum Gasteiger partial charge on any atom is -0.488 e. The molecule has 1 aliphatic heterocycles. The maximum Gasteiger partial charge on any atom is 0.347 e. The van der Waals surface area contributed by atoms with Crippen LogP contribution in [0.3, 0.4) is 0 Å². The van der Waals surface area contributed by atoms with Gasteiger partial charge in [-0.05, 0) is 29.8 Å². The van der Waals surface area contributed by atoms with E-state index >= 15 is 0 Å². The number of nitrogens with two attached hydrogens (primary N) is 1. The van der Waals surface area contributed by atoms with E-state index in [1.807, 2.05) is 54.7 Å². The molecule has 1 unspecified atom stereocenters. The van der Waals surface area contributed by atoms with Crippen LogP contribution in [0.4, 0.5) is 0 Å². The summed E-state index contributed by atoms with van der Waals surface area (Å²) in [5.74, 6) is 1.22. The van der Waals surface area contributed by atoms with Crippen LogP contribution in [0.1, 0.15) is 11.1 Å². The molecule has 2 N–H and O–H groups in total. The molecule has 158 valence electrons. The first-order valence-corrected chi connectivity index (χ1v) is 10.3. The van der Waals surface area contributed by atoms with E-state index in [4.69, 9.17) is 22.1 Å². The topological polar surface area (TPSA) is 82.5 Å². The molecule has 1 aliphatic rings. The van der Waals surface area contributed by atoms with Gasteiger partial charge in [-0.2, -0.15) is 4.59 Å². The number of rotatable bonds is 8. The Kier molecular flexibility index (Phi) is 6.16. The van der Waals surface area contributed by atoms with Crippen LogP contribution in [0.2, 0.25) is 5.02 Å². The lowest BCUT2D eigenvalue weighted by molar-refractivity contribution is -0.897. The van der Waals surface area contributed by atoms with Crippen molar-refractivity contribution in [1.29, 1.82) is 0 Å². The summed E-state index contributed by atoms with van der Waals surface area (Å²) in [7, 11) is 0. The van der Waals surface area contributed by atoms with Crippen LogP contribution in [0.15, 0.2) is 89.2 Å². The first-order valence-electron chi connectivity index (χ1n) is 9.91. The number of quaternary nitrogens is 1. The molecule has 0 fully saturated rings. The highest BCUT2D eigenvalue weighted by atomic mass is 35.5. The minimum absolute atomic E-state index is 0.261. The van der Waals surface area contributed by atoms with Gasteiger partial charge in [-0.1, -0.05) is 47.0 Å². The van der Waals surface area contributed by atoms with Crippen molar-refractivity contribution >= 4 is 17.4 Å². The Labute approximate surface area is 185 Å². The van der Waals surface area contributed by atoms with E-state index in [9.17, 15) is 4.79 Å². The highest BCUT2D eigenvalue weighted by molar-refractivity contribution is 6.30. The third-order valence-electron chi connectivity index (χ3n) is 5.00. The van der Waals surface area contributed by atoms with Gasteiger partial charge in [-0.25, -0.2) is 9.78 Å². The third-order valence-corrected chi connectivity index (χ3v) is 5.23. The average Bonchev–Trinajstić information content (AvgIpc) is 3.11. The molecule has 0 amide bonds. The van der Waals surface area contributed by atoms with Crippen LogP contribution >= 0.6 is 11.6 Å². The van der Waals surface area contributed by atoms with E-state index in [0.29, 0.717) is 41.7 Å². The summed E-state index contributed by atoms with van der Waals surface area (Å²) in [6.07, 6.45) is 7.04. The molecule has 2 aromatic carbocycles. The summed E-state index contributed by atoms with van der Waals surface area (Å²) in [4.78, 5) is 15.6. The zero-order valence-corrected chi connectivity index (χ0v) is 17.7. The number of amidine groups is 1. The van der Waals surface area contributed by atoms with E-state index in [2.05, 4.69) is 10.1 Å². The van der Waals surface area contributed by atoms with E-state index < -0.39 is 0 Å². The molecule has 4 rings (SSSR count). The zero-order chi connectivity index (χ0) is 21.7. The first-order chi connectivity index (χ1) is 15.0. The van der Waals surface area contributed by atoms with Gasteiger partial charge in [-0.3, -0.25) is 4.57 Å². The van der Waals surface area contributed by atoms with Crippen molar-refractivity contribution in [2.24, 2.45) is 10.8 Å². The maximum absolute atomic E-state index is 11.8. The van der Waals surface area contributed by atoms with E-state index in [0.717, 1.165) is 16.9 Å². The molecule has 0 saturated heterocycles. The molecule has 0 spiro atoms. The average molecular weight is 437 g/mol. The summed E-state index contributed by atoms with van der Waals surface area (Å²) in [5, 5.41) is 5.26. The van der Waals surface area contributed by atoms with Crippen LogP contribution in [0.5, 0.6) is 5.75 Å². The molecule has 8 heteroatoms. The maximum atomic E-state index is 11.8. The smallest absolute Gasteiger partial charge is 0.347 e. The van der Waals surface area contributed by atoms with Crippen molar-refractivity contribution in [2.45, 2.75) is 13.1 Å². The van der Waals surface area contributed by atoms with Gasteiger partial charge in [0.25, 0.3) is 0 Å². The Hall–Kier alpha value is -3.42. The predicted molar refractivity (Wildman–Crippen MR) is 121 cm³/mol.